The van der Waals surface area contributed by atoms with Crippen molar-refractivity contribution in [3.63, 3.8) is 0 Å². The minimum Gasteiger partial charge on any atom is -0.469 e. The van der Waals surface area contributed by atoms with Crippen LogP contribution in [0.2, 0.25) is 0 Å². The number of ether oxygens (including phenoxy) is 3. The number of esters is 2. The van der Waals surface area contributed by atoms with E-state index in [2.05, 4.69) is 9.47 Å². The highest BCUT2D eigenvalue weighted by atomic mass is 16.6. The van der Waals surface area contributed by atoms with Crippen molar-refractivity contribution in [3.05, 3.63) is 35.9 Å². The van der Waals surface area contributed by atoms with E-state index in [1.807, 2.05) is 30.3 Å². The predicted octanol–water partition coefficient (Wildman–Crippen LogP) is 1.31. The molecular formula is C13H16O5. The van der Waals surface area contributed by atoms with Gasteiger partial charge in [0.1, 0.15) is 0 Å². The third-order valence-electron chi connectivity index (χ3n) is 2.34. The molecule has 1 aromatic carbocycles. The van der Waals surface area contributed by atoms with Crippen molar-refractivity contribution < 1.29 is 23.8 Å². The van der Waals surface area contributed by atoms with Gasteiger partial charge in [-0.1, -0.05) is 30.3 Å². The smallest absolute Gasteiger partial charge is 0.335 e. The molecule has 0 aromatic heterocycles. The minimum atomic E-state index is -0.942. The Morgan fingerprint density at radius 1 is 1.11 bits per heavy atom. The fraction of sp³-hybridized carbons (Fsp3) is 0.385. The summed E-state index contributed by atoms with van der Waals surface area (Å²) in [7, 11) is 2.51. The summed E-state index contributed by atoms with van der Waals surface area (Å²) in [4.78, 5) is 22.6. The fourth-order valence-corrected chi connectivity index (χ4v) is 1.35. The van der Waals surface area contributed by atoms with Gasteiger partial charge in [-0.25, -0.2) is 4.79 Å². The summed E-state index contributed by atoms with van der Waals surface area (Å²) in [6.45, 7) is 0.234. The minimum absolute atomic E-state index is 0.157. The number of hydrogen-bond acceptors (Lipinski definition) is 5. The van der Waals surface area contributed by atoms with Crippen LogP contribution in [0.25, 0.3) is 0 Å². The largest absolute Gasteiger partial charge is 0.469 e. The van der Waals surface area contributed by atoms with Crippen molar-refractivity contribution in [1.82, 2.24) is 0 Å². The third-order valence-corrected chi connectivity index (χ3v) is 2.34. The molecule has 1 aromatic rings. The quantitative estimate of drug-likeness (QED) is 0.714. The van der Waals surface area contributed by atoms with Crippen molar-refractivity contribution in [2.24, 2.45) is 0 Å². The van der Waals surface area contributed by atoms with E-state index in [-0.39, 0.29) is 13.0 Å². The van der Waals surface area contributed by atoms with Crippen LogP contribution in [0.3, 0.4) is 0 Å². The van der Waals surface area contributed by atoms with Gasteiger partial charge in [0.15, 0.2) is 6.10 Å². The Labute approximate surface area is 106 Å². The van der Waals surface area contributed by atoms with E-state index in [4.69, 9.17) is 4.74 Å². The number of rotatable bonds is 6. The molecule has 5 heteroatoms. The zero-order valence-electron chi connectivity index (χ0n) is 10.4. The molecule has 1 atom stereocenters. The van der Waals surface area contributed by atoms with Crippen LogP contribution >= 0.6 is 0 Å². The van der Waals surface area contributed by atoms with E-state index in [0.717, 1.165) is 5.56 Å². The van der Waals surface area contributed by atoms with Crippen LogP contribution in [0.1, 0.15) is 12.0 Å². The van der Waals surface area contributed by atoms with E-state index in [1.54, 1.807) is 0 Å². The van der Waals surface area contributed by atoms with Crippen LogP contribution in [-0.2, 0) is 30.4 Å². The first kappa shape index (κ1) is 14.2. The Morgan fingerprint density at radius 2 is 1.78 bits per heavy atom. The lowest BCUT2D eigenvalue weighted by Gasteiger charge is -2.14. The van der Waals surface area contributed by atoms with Gasteiger partial charge in [0, 0.05) is 0 Å². The summed E-state index contributed by atoms with van der Waals surface area (Å²) in [6, 6.07) is 9.35. The lowest BCUT2D eigenvalue weighted by molar-refractivity contribution is -0.161. The highest BCUT2D eigenvalue weighted by molar-refractivity contribution is 5.81. The highest BCUT2D eigenvalue weighted by Crippen LogP contribution is 2.08. The molecule has 0 N–H and O–H groups in total. The Hall–Kier alpha value is -1.88. The number of carbonyl (C=O) groups is 2. The highest BCUT2D eigenvalue weighted by Gasteiger charge is 2.23. The topological polar surface area (TPSA) is 61.8 Å². The van der Waals surface area contributed by atoms with Gasteiger partial charge >= 0.3 is 11.9 Å². The number of benzene rings is 1. The molecule has 0 aliphatic carbocycles. The molecule has 5 nitrogen and oxygen atoms in total. The van der Waals surface area contributed by atoms with Crippen molar-refractivity contribution in [2.45, 2.75) is 19.1 Å². The molecule has 0 saturated heterocycles. The molecule has 18 heavy (non-hydrogen) atoms. The third kappa shape index (κ3) is 4.55. The standard InChI is InChI=1S/C13H16O5/c1-16-12(14)8-11(13(15)17-2)18-9-10-6-4-3-5-7-10/h3-7,11H,8-9H2,1-2H3. The summed E-state index contributed by atoms with van der Waals surface area (Å²) in [6.07, 6.45) is -1.10. The van der Waals surface area contributed by atoms with Gasteiger partial charge in [0.05, 0.1) is 27.2 Å². The normalized spacial score (nSPS) is 11.7. The van der Waals surface area contributed by atoms with Gasteiger partial charge in [-0.3, -0.25) is 4.79 Å². The van der Waals surface area contributed by atoms with E-state index in [9.17, 15) is 9.59 Å². The van der Waals surface area contributed by atoms with Gasteiger partial charge in [-0.05, 0) is 5.56 Å². The average Bonchev–Trinajstić information content (AvgIpc) is 2.43. The second-order valence-electron chi connectivity index (χ2n) is 3.59. The molecule has 0 bridgehead atoms. The van der Waals surface area contributed by atoms with Crippen LogP contribution in [0.15, 0.2) is 30.3 Å². The Bertz CT molecular complexity index is 388. The van der Waals surface area contributed by atoms with Crippen LogP contribution in [0.4, 0.5) is 0 Å². The number of carbonyl (C=O) groups excluding carboxylic acids is 2. The van der Waals surface area contributed by atoms with Gasteiger partial charge < -0.3 is 14.2 Å². The Morgan fingerprint density at radius 3 is 2.33 bits per heavy atom. The van der Waals surface area contributed by atoms with Crippen LogP contribution in [0, 0.1) is 0 Å². The summed E-state index contributed by atoms with van der Waals surface area (Å²) in [5.74, 6) is -1.10. The van der Waals surface area contributed by atoms with Crippen molar-refractivity contribution in [2.75, 3.05) is 14.2 Å². The summed E-state index contributed by atoms with van der Waals surface area (Å²) < 4.78 is 14.5. The van der Waals surface area contributed by atoms with E-state index < -0.39 is 18.0 Å². The molecule has 1 rings (SSSR count). The van der Waals surface area contributed by atoms with Gasteiger partial charge in [0.25, 0.3) is 0 Å². The predicted molar refractivity (Wildman–Crippen MR) is 63.7 cm³/mol. The second-order valence-corrected chi connectivity index (χ2v) is 3.59. The molecular weight excluding hydrogens is 236 g/mol. The summed E-state index contributed by atoms with van der Waals surface area (Å²) in [5, 5.41) is 0. The molecule has 98 valence electrons. The van der Waals surface area contributed by atoms with Gasteiger partial charge in [-0.15, -0.1) is 0 Å². The monoisotopic (exact) mass is 252 g/mol. The maximum atomic E-state index is 11.4. The zero-order chi connectivity index (χ0) is 13.4. The van der Waals surface area contributed by atoms with Crippen molar-refractivity contribution >= 4 is 11.9 Å². The SMILES string of the molecule is COC(=O)CC(OCc1ccccc1)C(=O)OC. The molecule has 0 amide bonds. The number of methoxy groups -OCH3 is 2. The molecule has 0 aliphatic heterocycles. The molecule has 0 radical (unpaired) electrons. The molecule has 0 saturated carbocycles. The average molecular weight is 252 g/mol. The second kappa shape index (κ2) is 7.45. The van der Waals surface area contributed by atoms with Gasteiger partial charge in [0.2, 0.25) is 0 Å². The maximum Gasteiger partial charge on any atom is 0.335 e. The molecule has 0 spiro atoms. The van der Waals surface area contributed by atoms with Crippen LogP contribution in [0.5, 0.6) is 0 Å². The number of hydrogen-bond donors (Lipinski definition) is 0. The Balaban J connectivity index is 2.56. The fourth-order valence-electron chi connectivity index (χ4n) is 1.35. The molecule has 0 aliphatic rings. The van der Waals surface area contributed by atoms with E-state index >= 15 is 0 Å². The van der Waals surface area contributed by atoms with Crippen molar-refractivity contribution in [3.8, 4) is 0 Å². The zero-order valence-corrected chi connectivity index (χ0v) is 10.4. The molecule has 0 fully saturated rings. The van der Waals surface area contributed by atoms with E-state index in [0.29, 0.717) is 0 Å². The molecule has 0 heterocycles. The maximum absolute atomic E-state index is 11.4. The first-order valence-electron chi connectivity index (χ1n) is 5.47. The summed E-state index contributed by atoms with van der Waals surface area (Å²) in [5.41, 5.74) is 0.913. The lowest BCUT2D eigenvalue weighted by Crippen LogP contribution is -2.28. The Kier molecular flexibility index (Phi) is 5.87. The first-order chi connectivity index (χ1) is 8.67. The lowest BCUT2D eigenvalue weighted by atomic mass is 10.2. The first-order valence-corrected chi connectivity index (χ1v) is 5.47. The summed E-state index contributed by atoms with van der Waals surface area (Å²) >= 11 is 0. The molecule has 1 unspecified atom stereocenters. The van der Waals surface area contributed by atoms with Crippen molar-refractivity contribution in [1.29, 1.82) is 0 Å². The van der Waals surface area contributed by atoms with Gasteiger partial charge in [-0.2, -0.15) is 0 Å². The van der Waals surface area contributed by atoms with Crippen LogP contribution in [-0.4, -0.2) is 32.3 Å². The van der Waals surface area contributed by atoms with E-state index in [1.165, 1.54) is 14.2 Å². The van der Waals surface area contributed by atoms with Crippen LogP contribution < -0.4 is 0 Å².